The summed E-state index contributed by atoms with van der Waals surface area (Å²) in [5.74, 6) is -5.15. The van der Waals surface area contributed by atoms with E-state index in [2.05, 4.69) is 47.1 Å². The second-order valence-electron chi connectivity index (χ2n) is 25.3. The van der Waals surface area contributed by atoms with Gasteiger partial charge in [-0.15, -0.1) is 0 Å². The lowest BCUT2D eigenvalue weighted by molar-refractivity contribution is -0.272. The molecule has 18 unspecified atom stereocenters. The van der Waals surface area contributed by atoms with E-state index in [-0.39, 0.29) is 158 Å². The first-order chi connectivity index (χ1) is 53.7. The van der Waals surface area contributed by atoms with E-state index >= 15 is 0 Å². The number of rotatable bonds is 65. The van der Waals surface area contributed by atoms with Gasteiger partial charge in [0, 0.05) is 66.3 Å². The maximum Gasteiger partial charge on any atom is 0.242 e. The van der Waals surface area contributed by atoms with Crippen LogP contribution in [0.2, 0.25) is 0 Å². The lowest BCUT2D eigenvalue weighted by atomic mass is 9.97. The smallest absolute Gasteiger partial charge is 0.242 e. The number of carbonyl (C=O) groups is 8. The molecular formula is C66H120N8O37P-. The Bertz CT molecular complexity index is 2660. The molecule has 0 saturated carbocycles. The van der Waals surface area contributed by atoms with Crippen LogP contribution in [0.1, 0.15) is 52.9 Å². The van der Waals surface area contributed by atoms with Gasteiger partial charge in [0.15, 0.2) is 18.9 Å². The maximum atomic E-state index is 13.8. The topological polar surface area (TPSA) is 621 Å². The highest BCUT2D eigenvalue weighted by Gasteiger charge is 2.48. The SMILES string of the molecule is CC(=O)NC1C(OCCOCCNC(=O)CCC(NC(=O)CCC(NC(=O)CCOCCOCCOCCOCCOCCOCCOCCOCCOP(C)(=O)[O-])C(=O)NCCOCCOC2OC(CO)C(O)C(O)C2NC(C)=O)C(=O)NCCOCCOC2OC(CO)C(O)C(O)C2NC(C)=O)OC(CO)C(O)C1O. The van der Waals surface area contributed by atoms with Crippen molar-refractivity contribution in [1.29, 1.82) is 0 Å². The number of hydrogen-bond acceptors (Lipinski definition) is 37. The van der Waals surface area contributed by atoms with Gasteiger partial charge >= 0.3 is 0 Å². The summed E-state index contributed by atoms with van der Waals surface area (Å²) in [6.45, 7) is 5.17. The Morgan fingerprint density at radius 3 is 0.911 bits per heavy atom. The van der Waals surface area contributed by atoms with Gasteiger partial charge in [-0.25, -0.2) is 0 Å². The molecular weight excluding hydrogens is 1530 g/mol. The van der Waals surface area contributed by atoms with Gasteiger partial charge in [0.1, 0.15) is 92.7 Å². The first kappa shape index (κ1) is 101. The third kappa shape index (κ3) is 44.3. The molecule has 112 heavy (non-hydrogen) atoms. The van der Waals surface area contributed by atoms with Crippen LogP contribution in [-0.2, 0) is 128 Å². The van der Waals surface area contributed by atoms with Crippen molar-refractivity contribution in [3.8, 4) is 0 Å². The van der Waals surface area contributed by atoms with Crippen LogP contribution in [0.3, 0.4) is 0 Å². The van der Waals surface area contributed by atoms with E-state index < -0.39 is 185 Å². The summed E-state index contributed by atoms with van der Waals surface area (Å²) in [5.41, 5.74) is 0. The van der Waals surface area contributed by atoms with Crippen molar-refractivity contribution in [2.75, 3.05) is 218 Å². The lowest BCUT2D eigenvalue weighted by Gasteiger charge is -2.42. The van der Waals surface area contributed by atoms with Gasteiger partial charge in [-0.1, -0.05) is 0 Å². The lowest BCUT2D eigenvalue weighted by Crippen LogP contribution is -2.64. The van der Waals surface area contributed by atoms with Crippen molar-refractivity contribution in [1.82, 2.24) is 42.5 Å². The summed E-state index contributed by atoms with van der Waals surface area (Å²) >= 11 is 0. The standard InChI is InChI=1S/C66H121N8O37P/c1-42(78)70-53-59(87)56(84)47(39-75)109-64(53)105-35-31-95-14-10-67-50(81)7-5-45(62(90)68-11-15-96-32-36-106-65-54(71-43(2)79)60(88)57(85)48(40-76)110-65)73-51(82)8-6-46(63(91)69-12-16-97-33-37-107-66-55(72-44(3)80)61(89)58(86)49(41-77)111-66)74-52(83)9-13-94-17-18-98-19-20-99-21-22-100-23-24-101-25-26-102-27-28-103-29-30-104-34-38-108-112(4,92)93/h45-49,53-61,64-66,75-77,84-89H,5-41H2,1-4H3,(H,67,81)(H,68,90)(H,69,91)(H,70,78)(H,71,79)(H,72,80)(H,73,82)(H,74,83)(H,92,93)/p-1. The van der Waals surface area contributed by atoms with Crippen LogP contribution in [0.4, 0.5) is 0 Å². The fourth-order valence-corrected chi connectivity index (χ4v) is 11.0. The van der Waals surface area contributed by atoms with E-state index in [1.54, 1.807) is 0 Å². The molecule has 3 aliphatic heterocycles. The zero-order valence-electron chi connectivity index (χ0n) is 63.9. The minimum Gasteiger partial charge on any atom is -0.779 e. The van der Waals surface area contributed by atoms with Crippen molar-refractivity contribution in [2.24, 2.45) is 0 Å². The number of aliphatic hydroxyl groups excluding tert-OH is 9. The summed E-state index contributed by atoms with van der Waals surface area (Å²) in [5, 5.41) is 112. The highest BCUT2D eigenvalue weighted by Crippen LogP contribution is 2.30. The summed E-state index contributed by atoms with van der Waals surface area (Å²) in [7, 11) is -3.77. The molecule has 3 rings (SSSR count). The second-order valence-corrected chi connectivity index (χ2v) is 27.1. The molecule has 8 amide bonds. The van der Waals surface area contributed by atoms with Gasteiger partial charge < -0.3 is 183 Å². The first-order valence-corrected chi connectivity index (χ1v) is 38.9. The minimum atomic E-state index is -3.77. The fraction of sp³-hybridized carbons (Fsp3) is 0.879. The van der Waals surface area contributed by atoms with Crippen LogP contribution in [0, 0.1) is 0 Å². The molecule has 3 heterocycles. The van der Waals surface area contributed by atoms with Crippen molar-refractivity contribution in [3.05, 3.63) is 0 Å². The molecule has 3 fully saturated rings. The summed E-state index contributed by atoms with van der Waals surface area (Å²) in [6.07, 6.45) is -18.3. The number of aliphatic hydroxyl groups is 9. The van der Waals surface area contributed by atoms with Crippen LogP contribution in [0.15, 0.2) is 0 Å². The molecule has 17 N–H and O–H groups in total. The molecule has 3 saturated heterocycles. The van der Waals surface area contributed by atoms with Crippen molar-refractivity contribution < 1.29 is 179 Å². The Balaban J connectivity index is 1.53. The monoisotopic (exact) mass is 1650 g/mol. The van der Waals surface area contributed by atoms with E-state index in [0.717, 1.165) is 6.66 Å². The molecule has 0 aromatic carbocycles. The van der Waals surface area contributed by atoms with Gasteiger partial charge in [-0.2, -0.15) is 0 Å². The van der Waals surface area contributed by atoms with E-state index in [1.165, 1.54) is 20.8 Å². The fourth-order valence-electron chi connectivity index (χ4n) is 10.6. The van der Waals surface area contributed by atoms with Crippen molar-refractivity contribution in [2.45, 2.75) is 157 Å². The maximum absolute atomic E-state index is 13.8. The predicted octanol–water partition coefficient (Wildman–Crippen LogP) is -10.5. The van der Waals surface area contributed by atoms with Gasteiger partial charge in [-0.05, 0) is 12.8 Å². The Morgan fingerprint density at radius 1 is 0.357 bits per heavy atom. The molecule has 45 nitrogen and oxygen atoms in total. The van der Waals surface area contributed by atoms with Crippen LogP contribution < -0.4 is 47.4 Å². The van der Waals surface area contributed by atoms with Gasteiger partial charge in [-0.3, -0.25) is 38.4 Å². The van der Waals surface area contributed by atoms with Crippen LogP contribution in [0.5, 0.6) is 0 Å². The van der Waals surface area contributed by atoms with Gasteiger partial charge in [0.05, 0.1) is 192 Å². The quantitative estimate of drug-likeness (QED) is 0.0199. The second kappa shape index (κ2) is 60.4. The predicted molar refractivity (Wildman–Crippen MR) is 378 cm³/mol. The number of ether oxygens (including phenoxy) is 17. The van der Waals surface area contributed by atoms with Crippen LogP contribution in [-0.4, -0.2) is 415 Å². The first-order valence-electron chi connectivity index (χ1n) is 36.9. The van der Waals surface area contributed by atoms with Gasteiger partial charge in [0.2, 0.25) is 47.3 Å². The summed E-state index contributed by atoms with van der Waals surface area (Å²) in [4.78, 5) is 114. The summed E-state index contributed by atoms with van der Waals surface area (Å²) in [6, 6.07) is -6.31. The highest BCUT2D eigenvalue weighted by molar-refractivity contribution is 7.50. The average Bonchev–Trinajstić information content (AvgIpc) is 0.820. The highest BCUT2D eigenvalue weighted by atomic mass is 31.2. The molecule has 0 aromatic rings. The molecule has 0 radical (unpaired) electrons. The zero-order chi connectivity index (χ0) is 82.5. The Kier molecular flexibility index (Phi) is 54.5. The van der Waals surface area contributed by atoms with E-state index in [9.17, 15) is 93.8 Å². The Hall–Kier alpha value is -5.13. The third-order valence-corrected chi connectivity index (χ3v) is 16.8. The van der Waals surface area contributed by atoms with Crippen LogP contribution in [0.25, 0.3) is 0 Å². The number of amides is 8. The molecule has 46 heteroatoms. The van der Waals surface area contributed by atoms with Gasteiger partial charge in [0.25, 0.3) is 0 Å². The summed E-state index contributed by atoms with van der Waals surface area (Å²) < 4.78 is 109. The van der Waals surface area contributed by atoms with E-state index in [4.69, 9.17) is 80.5 Å². The minimum absolute atomic E-state index is 0.0378. The molecule has 652 valence electrons. The van der Waals surface area contributed by atoms with E-state index in [1.807, 2.05) is 0 Å². The number of hydrogen-bond donors (Lipinski definition) is 17. The average molecular weight is 1650 g/mol. The molecule has 18 atom stereocenters. The molecule has 0 bridgehead atoms. The largest absolute Gasteiger partial charge is 0.779 e. The van der Waals surface area contributed by atoms with Crippen LogP contribution >= 0.6 is 7.60 Å². The normalized spacial score (nSPS) is 24.9. The molecule has 0 aliphatic carbocycles. The zero-order valence-corrected chi connectivity index (χ0v) is 64.8. The Labute approximate surface area is 649 Å². The third-order valence-electron chi connectivity index (χ3n) is 16.2. The molecule has 0 aromatic heterocycles. The van der Waals surface area contributed by atoms with E-state index in [0.29, 0.717) is 59.5 Å². The number of carbonyl (C=O) groups excluding carboxylic acids is 8. The molecule has 3 aliphatic rings. The number of nitrogens with one attached hydrogen (secondary N) is 8. The van der Waals surface area contributed by atoms with Crippen molar-refractivity contribution in [3.63, 3.8) is 0 Å². The molecule has 0 spiro atoms. The Morgan fingerprint density at radius 2 is 0.616 bits per heavy atom. The van der Waals surface area contributed by atoms with Crippen molar-refractivity contribution >= 4 is 54.9 Å².